The zero-order valence-corrected chi connectivity index (χ0v) is 8.73. The van der Waals surface area contributed by atoms with Crippen LogP contribution >= 0.6 is 0 Å². The lowest BCUT2D eigenvalue weighted by Crippen LogP contribution is -2.29. The van der Waals surface area contributed by atoms with E-state index < -0.39 is 0 Å². The molecule has 15 heavy (non-hydrogen) atoms. The van der Waals surface area contributed by atoms with Crippen LogP contribution in [-0.4, -0.2) is 17.4 Å². The molecular weight excluding hydrogens is 186 g/mol. The third-order valence-electron chi connectivity index (χ3n) is 2.59. The summed E-state index contributed by atoms with van der Waals surface area (Å²) < 4.78 is 0. The van der Waals surface area contributed by atoms with Crippen LogP contribution < -0.4 is 0 Å². The minimum Gasteiger partial charge on any atom is -0.335 e. The lowest BCUT2D eigenvalue weighted by Gasteiger charge is -2.19. The van der Waals surface area contributed by atoms with Crippen molar-refractivity contribution in [1.82, 2.24) is 4.90 Å². The largest absolute Gasteiger partial charge is 0.335 e. The average molecular weight is 201 g/mol. The summed E-state index contributed by atoms with van der Waals surface area (Å²) in [4.78, 5) is 13.6. The van der Waals surface area contributed by atoms with Crippen LogP contribution in [0.4, 0.5) is 0 Å². The normalized spacial score (nSPS) is 16.5. The monoisotopic (exact) mass is 201 g/mol. The highest BCUT2D eigenvalue weighted by Crippen LogP contribution is 2.10. The minimum atomic E-state index is 0.254. The number of hydrogen-bond donors (Lipinski definition) is 0. The van der Waals surface area contributed by atoms with Gasteiger partial charge in [0.25, 0.3) is 0 Å². The molecule has 1 aliphatic rings. The zero-order valence-electron chi connectivity index (χ0n) is 8.73. The molecule has 2 heteroatoms. The summed E-state index contributed by atoms with van der Waals surface area (Å²) in [6, 6.07) is 10.1. The van der Waals surface area contributed by atoms with Gasteiger partial charge in [0.1, 0.15) is 0 Å². The van der Waals surface area contributed by atoms with Crippen LogP contribution in [0.2, 0.25) is 0 Å². The van der Waals surface area contributed by atoms with Gasteiger partial charge in [-0.3, -0.25) is 4.79 Å². The molecule has 1 heterocycles. The smallest absolute Gasteiger partial charge is 0.223 e. The third kappa shape index (κ3) is 2.69. The number of rotatable bonds is 2. The lowest BCUT2D eigenvalue weighted by atomic mass is 10.2. The molecule has 1 aromatic rings. The molecule has 2 nitrogen and oxygen atoms in total. The van der Waals surface area contributed by atoms with Gasteiger partial charge in [0, 0.05) is 19.5 Å². The maximum atomic E-state index is 11.7. The van der Waals surface area contributed by atoms with Crippen molar-refractivity contribution in [2.75, 3.05) is 6.54 Å². The van der Waals surface area contributed by atoms with Gasteiger partial charge in [-0.1, -0.05) is 42.5 Å². The Balaban J connectivity index is 2.04. The third-order valence-corrected chi connectivity index (χ3v) is 2.59. The van der Waals surface area contributed by atoms with Crippen molar-refractivity contribution in [3.63, 3.8) is 0 Å². The van der Waals surface area contributed by atoms with Gasteiger partial charge in [-0.05, 0) is 12.0 Å². The molecule has 0 aliphatic carbocycles. The first-order valence-corrected chi connectivity index (χ1v) is 5.33. The Morgan fingerprint density at radius 3 is 2.73 bits per heavy atom. The highest BCUT2D eigenvalue weighted by molar-refractivity contribution is 5.76. The maximum absolute atomic E-state index is 11.7. The first kappa shape index (κ1) is 9.97. The van der Waals surface area contributed by atoms with Gasteiger partial charge >= 0.3 is 0 Å². The Morgan fingerprint density at radius 1 is 1.13 bits per heavy atom. The van der Waals surface area contributed by atoms with E-state index in [9.17, 15) is 4.79 Å². The molecule has 0 saturated heterocycles. The maximum Gasteiger partial charge on any atom is 0.223 e. The van der Waals surface area contributed by atoms with E-state index in [2.05, 4.69) is 24.3 Å². The molecule has 0 bridgehead atoms. The molecule has 0 aromatic heterocycles. The number of carbonyl (C=O) groups is 1. The quantitative estimate of drug-likeness (QED) is 0.673. The van der Waals surface area contributed by atoms with Crippen molar-refractivity contribution in [2.45, 2.75) is 19.4 Å². The number of hydrogen-bond acceptors (Lipinski definition) is 1. The highest BCUT2D eigenvalue weighted by atomic mass is 16.2. The molecular formula is C13H15NO. The van der Waals surface area contributed by atoms with Crippen molar-refractivity contribution >= 4 is 5.91 Å². The Morgan fingerprint density at radius 2 is 1.93 bits per heavy atom. The van der Waals surface area contributed by atoms with E-state index in [0.29, 0.717) is 6.42 Å². The van der Waals surface area contributed by atoms with Crippen molar-refractivity contribution in [3.05, 3.63) is 48.0 Å². The van der Waals surface area contributed by atoms with Crippen molar-refractivity contribution < 1.29 is 4.79 Å². The summed E-state index contributed by atoms with van der Waals surface area (Å²) in [5.41, 5.74) is 1.20. The average Bonchev–Trinajstić information content (AvgIpc) is 2.46. The molecule has 0 spiro atoms. The van der Waals surface area contributed by atoms with E-state index in [1.165, 1.54) is 5.56 Å². The van der Waals surface area contributed by atoms with Crippen LogP contribution in [0.3, 0.4) is 0 Å². The molecule has 0 radical (unpaired) electrons. The van der Waals surface area contributed by atoms with Crippen LogP contribution in [0.5, 0.6) is 0 Å². The summed E-state index contributed by atoms with van der Waals surface area (Å²) in [5.74, 6) is 0.254. The lowest BCUT2D eigenvalue weighted by molar-refractivity contribution is -0.130. The van der Waals surface area contributed by atoms with Crippen LogP contribution in [0.1, 0.15) is 18.4 Å². The topological polar surface area (TPSA) is 20.3 Å². The second-order valence-corrected chi connectivity index (χ2v) is 3.77. The van der Waals surface area contributed by atoms with Crippen LogP contribution in [0.15, 0.2) is 42.5 Å². The standard InChI is InChI=1S/C13H15NO/c15-13-9-5-2-6-10-14(13)11-12-7-3-1-4-8-12/h1-4,6-8H,5,9-11H2. The predicted molar refractivity (Wildman–Crippen MR) is 60.2 cm³/mol. The van der Waals surface area contributed by atoms with Gasteiger partial charge in [0.2, 0.25) is 5.91 Å². The van der Waals surface area contributed by atoms with Gasteiger partial charge in [0.15, 0.2) is 0 Å². The van der Waals surface area contributed by atoms with Crippen LogP contribution in [0.25, 0.3) is 0 Å². The van der Waals surface area contributed by atoms with E-state index in [4.69, 9.17) is 0 Å². The second-order valence-electron chi connectivity index (χ2n) is 3.77. The Labute approximate surface area is 90.2 Å². The zero-order chi connectivity index (χ0) is 10.5. The van der Waals surface area contributed by atoms with Crippen molar-refractivity contribution in [1.29, 1.82) is 0 Å². The van der Waals surface area contributed by atoms with Crippen molar-refractivity contribution in [2.24, 2.45) is 0 Å². The molecule has 0 saturated carbocycles. The predicted octanol–water partition coefficient (Wildman–Crippen LogP) is 2.37. The fourth-order valence-electron chi connectivity index (χ4n) is 1.74. The van der Waals surface area contributed by atoms with E-state index in [1.54, 1.807) is 0 Å². The van der Waals surface area contributed by atoms with Gasteiger partial charge in [-0.25, -0.2) is 0 Å². The second kappa shape index (κ2) is 4.78. The molecule has 0 fully saturated rings. The summed E-state index contributed by atoms with van der Waals surface area (Å²) in [5, 5.41) is 0. The number of allylic oxidation sites excluding steroid dienone is 1. The van der Waals surface area contributed by atoms with E-state index >= 15 is 0 Å². The van der Waals surface area contributed by atoms with Gasteiger partial charge in [-0.15, -0.1) is 0 Å². The highest BCUT2D eigenvalue weighted by Gasteiger charge is 2.13. The first-order chi connectivity index (χ1) is 7.36. The molecule has 1 aliphatic heterocycles. The van der Waals surface area contributed by atoms with Gasteiger partial charge < -0.3 is 4.90 Å². The van der Waals surface area contributed by atoms with Gasteiger partial charge in [0.05, 0.1) is 0 Å². The Bertz CT molecular complexity index is 356. The molecule has 0 unspecified atom stereocenters. The Kier molecular flexibility index (Phi) is 3.18. The summed E-state index contributed by atoms with van der Waals surface area (Å²) in [6.45, 7) is 1.47. The summed E-state index contributed by atoms with van der Waals surface area (Å²) in [6.07, 6.45) is 5.68. The van der Waals surface area contributed by atoms with E-state index in [1.807, 2.05) is 23.1 Å². The van der Waals surface area contributed by atoms with E-state index in [0.717, 1.165) is 19.5 Å². The van der Waals surface area contributed by atoms with E-state index in [-0.39, 0.29) is 5.91 Å². The number of benzene rings is 1. The van der Waals surface area contributed by atoms with Crippen LogP contribution in [-0.2, 0) is 11.3 Å². The molecule has 2 rings (SSSR count). The SMILES string of the molecule is O=C1CCC=CCN1Cc1ccccc1. The fourth-order valence-corrected chi connectivity index (χ4v) is 1.74. The Hall–Kier alpha value is -1.57. The first-order valence-electron chi connectivity index (χ1n) is 5.33. The summed E-state index contributed by atoms with van der Waals surface area (Å²) in [7, 11) is 0. The summed E-state index contributed by atoms with van der Waals surface area (Å²) >= 11 is 0. The molecule has 0 N–H and O–H groups in total. The molecule has 1 aromatic carbocycles. The number of carbonyl (C=O) groups excluding carboxylic acids is 1. The molecule has 78 valence electrons. The van der Waals surface area contributed by atoms with Crippen LogP contribution in [0, 0.1) is 0 Å². The molecule has 1 amide bonds. The van der Waals surface area contributed by atoms with Crippen molar-refractivity contribution in [3.8, 4) is 0 Å². The number of amides is 1. The fraction of sp³-hybridized carbons (Fsp3) is 0.308. The molecule has 0 atom stereocenters. The van der Waals surface area contributed by atoms with Gasteiger partial charge in [-0.2, -0.15) is 0 Å². The minimum absolute atomic E-state index is 0.254. The number of nitrogens with zero attached hydrogens (tertiary/aromatic N) is 1.